The molecule has 29 heavy (non-hydrogen) atoms. The van der Waals surface area contributed by atoms with Crippen molar-refractivity contribution in [1.29, 1.82) is 0 Å². The first-order valence-corrected chi connectivity index (χ1v) is 9.40. The Balaban J connectivity index is 0.00000150. The van der Waals surface area contributed by atoms with Crippen molar-refractivity contribution in [2.24, 2.45) is 11.3 Å². The van der Waals surface area contributed by atoms with E-state index in [1.807, 2.05) is 31.2 Å². The van der Waals surface area contributed by atoms with Crippen LogP contribution in [0.5, 0.6) is 17.4 Å². The lowest BCUT2D eigenvalue weighted by Gasteiger charge is -2.23. The second kappa shape index (κ2) is 9.65. The maximum atomic E-state index is 12.5. The number of piperidine rings is 1. The van der Waals surface area contributed by atoms with Crippen LogP contribution in [0.25, 0.3) is 0 Å². The number of amides is 1. The molecule has 0 radical (unpaired) electrons. The molecule has 1 spiro atoms. The van der Waals surface area contributed by atoms with Crippen LogP contribution in [-0.4, -0.2) is 31.1 Å². The number of aryl methyl sites for hydroxylation is 1. The van der Waals surface area contributed by atoms with Gasteiger partial charge in [-0.15, -0.1) is 24.8 Å². The van der Waals surface area contributed by atoms with E-state index in [2.05, 4.69) is 15.6 Å². The van der Waals surface area contributed by atoms with Crippen LogP contribution in [0.4, 0.5) is 5.69 Å². The van der Waals surface area contributed by atoms with Gasteiger partial charge in [0.1, 0.15) is 0 Å². The number of ether oxygens (including phenoxy) is 2. The van der Waals surface area contributed by atoms with Crippen molar-refractivity contribution in [1.82, 2.24) is 10.3 Å². The van der Waals surface area contributed by atoms with E-state index in [4.69, 9.17) is 9.47 Å². The van der Waals surface area contributed by atoms with E-state index in [-0.39, 0.29) is 42.1 Å². The van der Waals surface area contributed by atoms with Gasteiger partial charge in [0.25, 0.3) is 0 Å². The second-order valence-corrected chi connectivity index (χ2v) is 7.50. The number of anilines is 1. The van der Waals surface area contributed by atoms with Crippen LogP contribution < -0.4 is 20.1 Å². The Bertz CT molecular complexity index is 840. The summed E-state index contributed by atoms with van der Waals surface area (Å²) in [6.07, 6.45) is 4.82. The number of hydrogen-bond donors (Lipinski definition) is 2. The van der Waals surface area contributed by atoms with Crippen molar-refractivity contribution in [2.75, 3.05) is 25.5 Å². The topological polar surface area (TPSA) is 72.5 Å². The number of rotatable bonds is 5. The largest absolute Gasteiger partial charge is 0.493 e. The fourth-order valence-corrected chi connectivity index (χ4v) is 3.91. The third-order valence-corrected chi connectivity index (χ3v) is 5.64. The highest BCUT2D eigenvalue weighted by Gasteiger charge is 2.57. The lowest BCUT2D eigenvalue weighted by Crippen LogP contribution is -2.31. The first-order valence-electron chi connectivity index (χ1n) is 9.40. The zero-order valence-electron chi connectivity index (χ0n) is 16.6. The van der Waals surface area contributed by atoms with E-state index in [1.54, 1.807) is 19.4 Å². The van der Waals surface area contributed by atoms with Crippen molar-refractivity contribution in [3.63, 3.8) is 0 Å². The average Bonchev–Trinajstić information content (AvgIpc) is 3.38. The zero-order chi connectivity index (χ0) is 18.9. The van der Waals surface area contributed by atoms with Gasteiger partial charge in [-0.1, -0.05) is 6.07 Å². The summed E-state index contributed by atoms with van der Waals surface area (Å²) in [6.45, 7) is 4.02. The molecule has 6 nitrogen and oxygen atoms in total. The minimum Gasteiger partial charge on any atom is -0.493 e. The van der Waals surface area contributed by atoms with E-state index < -0.39 is 0 Å². The number of methoxy groups -OCH3 is 1. The number of nitrogens with one attached hydrogen (secondary N) is 2. The number of aromatic nitrogens is 1. The van der Waals surface area contributed by atoms with E-state index in [0.717, 1.165) is 37.9 Å². The molecule has 1 saturated heterocycles. The Hall–Kier alpha value is -2.02. The molecule has 1 aliphatic heterocycles. The SMILES string of the molecule is COc1cc(C)ccc1Oc1ccc(NC(=O)C2CC23CCNCC3)cn1.Cl.Cl. The molecule has 1 aromatic heterocycles. The summed E-state index contributed by atoms with van der Waals surface area (Å²) < 4.78 is 11.2. The molecule has 2 fully saturated rings. The van der Waals surface area contributed by atoms with Gasteiger partial charge < -0.3 is 20.1 Å². The molecular formula is C21H27Cl2N3O3. The van der Waals surface area contributed by atoms with Crippen molar-refractivity contribution in [3.05, 3.63) is 42.1 Å². The number of hydrogen-bond acceptors (Lipinski definition) is 5. The molecule has 0 bridgehead atoms. The lowest BCUT2D eigenvalue weighted by molar-refractivity contribution is -0.118. The molecule has 1 unspecified atom stereocenters. The van der Waals surface area contributed by atoms with Crippen molar-refractivity contribution in [2.45, 2.75) is 26.2 Å². The normalized spacial score (nSPS) is 18.8. The van der Waals surface area contributed by atoms with Crippen LogP contribution in [0.2, 0.25) is 0 Å². The minimum atomic E-state index is 0. The van der Waals surface area contributed by atoms with Crippen LogP contribution in [-0.2, 0) is 4.79 Å². The minimum absolute atomic E-state index is 0. The van der Waals surface area contributed by atoms with Crippen LogP contribution in [0, 0.1) is 18.3 Å². The molecule has 2 aromatic rings. The molecule has 2 heterocycles. The van der Waals surface area contributed by atoms with E-state index in [1.165, 1.54) is 0 Å². The van der Waals surface area contributed by atoms with Crippen molar-refractivity contribution < 1.29 is 14.3 Å². The van der Waals surface area contributed by atoms with Crippen LogP contribution in [0.3, 0.4) is 0 Å². The molecule has 158 valence electrons. The van der Waals surface area contributed by atoms with Crippen LogP contribution in [0.15, 0.2) is 36.5 Å². The highest BCUT2D eigenvalue weighted by molar-refractivity contribution is 5.95. The van der Waals surface area contributed by atoms with Gasteiger partial charge in [0, 0.05) is 12.0 Å². The summed E-state index contributed by atoms with van der Waals surface area (Å²) in [7, 11) is 1.61. The summed E-state index contributed by atoms with van der Waals surface area (Å²) in [5.41, 5.74) is 2.02. The first kappa shape index (κ1) is 23.3. The van der Waals surface area contributed by atoms with Crippen molar-refractivity contribution in [3.8, 4) is 17.4 Å². The first-order chi connectivity index (χ1) is 13.1. The quantitative estimate of drug-likeness (QED) is 0.723. The van der Waals surface area contributed by atoms with Gasteiger partial charge in [-0.3, -0.25) is 4.79 Å². The van der Waals surface area contributed by atoms with Gasteiger partial charge in [-0.2, -0.15) is 0 Å². The molecule has 2 N–H and O–H groups in total. The molecule has 8 heteroatoms. The Labute approximate surface area is 183 Å². The van der Waals surface area contributed by atoms with Crippen LogP contribution >= 0.6 is 24.8 Å². The van der Waals surface area contributed by atoms with Gasteiger partial charge in [0.2, 0.25) is 11.8 Å². The Morgan fingerprint density at radius 2 is 1.93 bits per heavy atom. The molecule has 1 amide bonds. The lowest BCUT2D eigenvalue weighted by atomic mass is 9.92. The van der Waals surface area contributed by atoms with Crippen molar-refractivity contribution >= 4 is 36.4 Å². The molecule has 4 rings (SSSR count). The summed E-state index contributed by atoms with van der Waals surface area (Å²) >= 11 is 0. The Morgan fingerprint density at radius 3 is 2.59 bits per heavy atom. The summed E-state index contributed by atoms with van der Waals surface area (Å²) in [5, 5.41) is 6.36. The molecular weight excluding hydrogens is 413 g/mol. The maximum absolute atomic E-state index is 12.5. The summed E-state index contributed by atoms with van der Waals surface area (Å²) in [4.78, 5) is 16.8. The standard InChI is InChI=1S/C21H25N3O3.2ClH/c1-14-3-5-17(18(11-14)26-2)27-19-6-4-15(13-23-19)24-20(25)16-12-21(16)7-9-22-10-8-21;;/h3-6,11,13,16,22H,7-10,12H2,1-2H3,(H,24,25);2*1H. The summed E-state index contributed by atoms with van der Waals surface area (Å²) in [5.74, 6) is 1.96. The molecule has 1 aromatic carbocycles. The smallest absolute Gasteiger partial charge is 0.228 e. The number of carbonyl (C=O) groups excluding carboxylic acids is 1. The monoisotopic (exact) mass is 439 g/mol. The van der Waals surface area contributed by atoms with E-state index in [0.29, 0.717) is 23.1 Å². The van der Waals surface area contributed by atoms with Crippen LogP contribution in [0.1, 0.15) is 24.8 Å². The summed E-state index contributed by atoms with van der Waals surface area (Å²) in [6, 6.07) is 9.30. The fraction of sp³-hybridized carbons (Fsp3) is 0.429. The molecule has 2 aliphatic rings. The number of pyridine rings is 1. The van der Waals surface area contributed by atoms with E-state index >= 15 is 0 Å². The molecule has 1 atom stereocenters. The zero-order valence-corrected chi connectivity index (χ0v) is 18.2. The Kier molecular flexibility index (Phi) is 7.74. The van der Waals surface area contributed by atoms with Gasteiger partial charge in [0.15, 0.2) is 11.5 Å². The van der Waals surface area contributed by atoms with Gasteiger partial charge in [0.05, 0.1) is 19.0 Å². The predicted octanol–water partition coefficient (Wildman–Crippen LogP) is 4.36. The average molecular weight is 440 g/mol. The highest BCUT2D eigenvalue weighted by Crippen LogP contribution is 2.58. The number of carbonyl (C=O) groups is 1. The van der Waals surface area contributed by atoms with Gasteiger partial charge in [-0.25, -0.2) is 4.98 Å². The number of benzene rings is 1. The van der Waals surface area contributed by atoms with Gasteiger partial charge in [-0.05, 0) is 68.5 Å². The number of halogens is 2. The van der Waals surface area contributed by atoms with Gasteiger partial charge >= 0.3 is 0 Å². The highest BCUT2D eigenvalue weighted by atomic mass is 35.5. The fourth-order valence-electron chi connectivity index (χ4n) is 3.91. The molecule has 1 aliphatic carbocycles. The number of nitrogens with zero attached hydrogens (tertiary/aromatic N) is 1. The predicted molar refractivity (Wildman–Crippen MR) is 118 cm³/mol. The third-order valence-electron chi connectivity index (χ3n) is 5.64. The third kappa shape index (κ3) is 5.13. The maximum Gasteiger partial charge on any atom is 0.228 e. The molecule has 1 saturated carbocycles. The Morgan fingerprint density at radius 1 is 1.17 bits per heavy atom. The second-order valence-electron chi connectivity index (χ2n) is 7.50. The van der Waals surface area contributed by atoms with E-state index in [9.17, 15) is 4.79 Å².